The van der Waals surface area contributed by atoms with Crippen LogP contribution in [0.2, 0.25) is 0 Å². The fraction of sp³-hybridized carbons (Fsp3) is 0.545. The second kappa shape index (κ2) is 12.2. The molecule has 182 valence electrons. The molecule has 1 heterocycles. The monoisotopic (exact) mass is 467 g/mol. The van der Waals surface area contributed by atoms with Crippen LogP contribution in [0, 0.1) is 0 Å². The maximum Gasteiger partial charge on any atom is 0.304 e. The lowest BCUT2D eigenvalue weighted by molar-refractivity contribution is -0.271. The van der Waals surface area contributed by atoms with Crippen LogP contribution in [0.3, 0.4) is 0 Å². The van der Waals surface area contributed by atoms with Gasteiger partial charge in [0, 0.05) is 34.2 Å². The fourth-order valence-electron chi connectivity index (χ4n) is 3.36. The van der Waals surface area contributed by atoms with Gasteiger partial charge in [-0.3, -0.25) is 19.2 Å². The molecule has 0 radical (unpaired) electrons. The van der Waals surface area contributed by atoms with Crippen molar-refractivity contribution in [3.63, 3.8) is 0 Å². The Balaban J connectivity index is 2.35. The quantitative estimate of drug-likeness (QED) is 0.409. The van der Waals surface area contributed by atoms with E-state index >= 15 is 0 Å². The molecule has 1 N–H and O–H groups in total. The molecule has 0 amide bonds. The number of hydrogen-bond donors (Lipinski definition) is 1. The van der Waals surface area contributed by atoms with E-state index in [1.807, 2.05) is 12.1 Å². The summed E-state index contributed by atoms with van der Waals surface area (Å²) in [6.07, 6.45) is -4.52. The van der Waals surface area contributed by atoms with Gasteiger partial charge in [0.25, 0.3) is 0 Å². The third-order valence-corrected chi connectivity index (χ3v) is 4.68. The lowest BCUT2D eigenvalue weighted by Crippen LogP contribution is -2.66. The van der Waals surface area contributed by atoms with Gasteiger partial charge in [0.15, 0.2) is 12.2 Å². The van der Waals surface area contributed by atoms with Crippen LogP contribution in [0.5, 0.6) is 5.75 Å². The zero-order valence-electron chi connectivity index (χ0n) is 19.2. The van der Waals surface area contributed by atoms with Crippen molar-refractivity contribution in [2.45, 2.75) is 64.9 Å². The molecule has 33 heavy (non-hydrogen) atoms. The van der Waals surface area contributed by atoms with Gasteiger partial charge in [0.05, 0.1) is 7.11 Å². The molecule has 0 aromatic heterocycles. The van der Waals surface area contributed by atoms with E-state index in [1.165, 1.54) is 27.7 Å². The molecule has 5 atom stereocenters. The van der Waals surface area contributed by atoms with Gasteiger partial charge < -0.3 is 33.7 Å². The summed E-state index contributed by atoms with van der Waals surface area (Å²) in [5, 5.41) is 3.16. The molecule has 1 fully saturated rings. The highest BCUT2D eigenvalue weighted by atomic mass is 16.7. The molecule has 1 aliphatic rings. The molecule has 5 unspecified atom stereocenters. The number of nitrogens with one attached hydrogen (secondary N) is 1. The lowest BCUT2D eigenvalue weighted by atomic mass is 9.95. The predicted molar refractivity (Wildman–Crippen MR) is 112 cm³/mol. The van der Waals surface area contributed by atoms with Crippen molar-refractivity contribution in [3.05, 3.63) is 29.8 Å². The molecule has 11 nitrogen and oxygen atoms in total. The normalized spacial score (nSPS) is 24.3. The minimum absolute atomic E-state index is 0.273. The Hall–Kier alpha value is -3.18. The molecule has 0 bridgehead atoms. The van der Waals surface area contributed by atoms with Crippen LogP contribution in [0.4, 0.5) is 0 Å². The Morgan fingerprint density at radius 3 is 1.94 bits per heavy atom. The maximum absolute atomic E-state index is 11.9. The summed E-state index contributed by atoms with van der Waals surface area (Å²) >= 11 is 0. The first-order valence-corrected chi connectivity index (χ1v) is 10.3. The number of esters is 4. The van der Waals surface area contributed by atoms with Crippen molar-refractivity contribution in [3.8, 4) is 5.75 Å². The molecule has 1 aliphatic heterocycles. The SMILES string of the molecule is COc1ccc(CNC2C(OC(C)=O)OC(COC(C)=O)C(OC(C)=O)C2OC(C)=O)cc1. The molecule has 0 spiro atoms. The number of methoxy groups -OCH3 is 1. The van der Waals surface area contributed by atoms with Crippen LogP contribution in [0.1, 0.15) is 33.3 Å². The Bertz CT molecular complexity index is 840. The average Bonchev–Trinajstić information content (AvgIpc) is 2.73. The Morgan fingerprint density at radius 2 is 1.42 bits per heavy atom. The van der Waals surface area contributed by atoms with Crippen molar-refractivity contribution >= 4 is 23.9 Å². The van der Waals surface area contributed by atoms with Crippen LogP contribution in [-0.4, -0.2) is 68.2 Å². The van der Waals surface area contributed by atoms with Crippen molar-refractivity contribution in [2.75, 3.05) is 13.7 Å². The molecule has 0 aliphatic carbocycles. The van der Waals surface area contributed by atoms with Gasteiger partial charge in [-0.05, 0) is 17.7 Å². The standard InChI is InChI=1S/C22H29NO10/c1-12(24)29-11-18-20(30-13(2)25)21(31-14(3)26)19(22(33-18)32-15(4)27)23-10-16-6-8-17(28-5)9-7-16/h6-9,18-23H,10-11H2,1-5H3. The van der Waals surface area contributed by atoms with E-state index in [4.69, 9.17) is 28.4 Å². The third-order valence-electron chi connectivity index (χ3n) is 4.68. The molecule has 11 heteroatoms. The van der Waals surface area contributed by atoms with E-state index in [9.17, 15) is 19.2 Å². The minimum Gasteiger partial charge on any atom is -0.497 e. The number of rotatable bonds is 9. The predicted octanol–water partition coefficient (Wildman–Crippen LogP) is 0.868. The summed E-state index contributed by atoms with van der Waals surface area (Å²) in [6, 6.07) is 6.29. The molecule has 0 saturated carbocycles. The summed E-state index contributed by atoms with van der Waals surface area (Å²) in [6.45, 7) is 4.75. The maximum atomic E-state index is 11.9. The van der Waals surface area contributed by atoms with Gasteiger partial charge in [0.1, 0.15) is 24.5 Å². The van der Waals surface area contributed by atoms with Crippen molar-refractivity contribution in [1.82, 2.24) is 5.32 Å². The average molecular weight is 467 g/mol. The largest absolute Gasteiger partial charge is 0.497 e. The van der Waals surface area contributed by atoms with Gasteiger partial charge >= 0.3 is 23.9 Å². The first kappa shape index (κ1) is 26.1. The van der Waals surface area contributed by atoms with E-state index in [-0.39, 0.29) is 13.2 Å². The first-order chi connectivity index (χ1) is 15.6. The highest BCUT2D eigenvalue weighted by molar-refractivity contribution is 5.68. The second-order valence-corrected chi connectivity index (χ2v) is 7.36. The molecular weight excluding hydrogens is 438 g/mol. The summed E-state index contributed by atoms with van der Waals surface area (Å²) in [7, 11) is 1.56. The lowest BCUT2D eigenvalue weighted by Gasteiger charge is -2.44. The first-order valence-electron chi connectivity index (χ1n) is 10.3. The molecular formula is C22H29NO10. The number of carbonyl (C=O) groups excluding carboxylic acids is 4. The smallest absolute Gasteiger partial charge is 0.304 e. The van der Waals surface area contributed by atoms with Crippen LogP contribution >= 0.6 is 0 Å². The molecule has 1 saturated heterocycles. The van der Waals surface area contributed by atoms with Crippen LogP contribution in [-0.2, 0) is 49.4 Å². The fourth-order valence-corrected chi connectivity index (χ4v) is 3.36. The zero-order valence-corrected chi connectivity index (χ0v) is 19.2. The Labute approximate surface area is 191 Å². The summed E-state index contributed by atoms with van der Waals surface area (Å²) in [5.74, 6) is -1.86. The van der Waals surface area contributed by atoms with Crippen LogP contribution in [0.15, 0.2) is 24.3 Å². The topological polar surface area (TPSA) is 136 Å². The summed E-state index contributed by atoms with van der Waals surface area (Å²) in [5.41, 5.74) is 0.852. The zero-order chi connectivity index (χ0) is 24.5. The van der Waals surface area contributed by atoms with E-state index in [0.717, 1.165) is 5.56 Å². The van der Waals surface area contributed by atoms with Gasteiger partial charge in [-0.2, -0.15) is 0 Å². The molecule has 1 aromatic carbocycles. The highest BCUT2D eigenvalue weighted by Crippen LogP contribution is 2.28. The molecule has 1 aromatic rings. The number of hydrogen-bond acceptors (Lipinski definition) is 11. The van der Waals surface area contributed by atoms with Gasteiger partial charge in [-0.15, -0.1) is 0 Å². The van der Waals surface area contributed by atoms with Gasteiger partial charge in [0.2, 0.25) is 6.29 Å². The van der Waals surface area contributed by atoms with E-state index < -0.39 is 54.5 Å². The van der Waals surface area contributed by atoms with E-state index in [0.29, 0.717) is 5.75 Å². The number of ether oxygens (including phenoxy) is 6. The molecule has 2 rings (SSSR count). The Kier molecular flexibility index (Phi) is 9.61. The van der Waals surface area contributed by atoms with Crippen molar-refractivity contribution < 1.29 is 47.6 Å². The van der Waals surface area contributed by atoms with E-state index in [2.05, 4.69) is 5.32 Å². The van der Waals surface area contributed by atoms with E-state index in [1.54, 1.807) is 19.2 Å². The van der Waals surface area contributed by atoms with Crippen LogP contribution < -0.4 is 10.1 Å². The third kappa shape index (κ3) is 8.03. The minimum atomic E-state index is -1.22. The second-order valence-electron chi connectivity index (χ2n) is 7.36. The highest BCUT2D eigenvalue weighted by Gasteiger charge is 2.51. The summed E-state index contributed by atoms with van der Waals surface area (Å²) in [4.78, 5) is 46.8. The number of carbonyl (C=O) groups is 4. The van der Waals surface area contributed by atoms with Crippen molar-refractivity contribution in [1.29, 1.82) is 0 Å². The number of benzene rings is 1. The van der Waals surface area contributed by atoms with Crippen LogP contribution in [0.25, 0.3) is 0 Å². The Morgan fingerprint density at radius 1 is 0.848 bits per heavy atom. The van der Waals surface area contributed by atoms with Gasteiger partial charge in [-0.25, -0.2) is 0 Å². The van der Waals surface area contributed by atoms with Gasteiger partial charge in [-0.1, -0.05) is 12.1 Å². The van der Waals surface area contributed by atoms with Crippen molar-refractivity contribution in [2.24, 2.45) is 0 Å². The summed E-state index contributed by atoms with van der Waals surface area (Å²) < 4.78 is 32.2.